The van der Waals surface area contributed by atoms with E-state index in [1.165, 1.54) is 18.3 Å². The third kappa shape index (κ3) is 2.99. The SMILES string of the molecule is CCCCOc1c(C(C)=O)c2sccc2n(Cc2cn[nH]c2)c1=O. The first-order chi connectivity index (χ1) is 11.6. The summed E-state index contributed by atoms with van der Waals surface area (Å²) in [6.07, 6.45) is 5.23. The van der Waals surface area contributed by atoms with Crippen molar-refractivity contribution in [1.82, 2.24) is 14.8 Å². The van der Waals surface area contributed by atoms with E-state index in [4.69, 9.17) is 4.74 Å². The fourth-order valence-corrected chi connectivity index (χ4v) is 3.61. The van der Waals surface area contributed by atoms with Crippen LogP contribution in [-0.2, 0) is 6.54 Å². The smallest absolute Gasteiger partial charge is 0.294 e. The van der Waals surface area contributed by atoms with Gasteiger partial charge in [-0.05, 0) is 24.8 Å². The predicted octanol–water partition coefficient (Wildman–Crippen LogP) is 3.22. The summed E-state index contributed by atoms with van der Waals surface area (Å²) in [6, 6.07) is 1.86. The van der Waals surface area contributed by atoms with Crippen molar-refractivity contribution in [2.75, 3.05) is 6.61 Å². The normalized spacial score (nSPS) is 11.1. The molecule has 0 atom stereocenters. The van der Waals surface area contributed by atoms with E-state index >= 15 is 0 Å². The molecule has 0 amide bonds. The third-order valence-electron chi connectivity index (χ3n) is 3.82. The Kier molecular flexibility index (Phi) is 4.80. The molecule has 3 rings (SSSR count). The van der Waals surface area contributed by atoms with Crippen LogP contribution in [0.3, 0.4) is 0 Å². The van der Waals surface area contributed by atoms with Crippen LogP contribution in [0, 0.1) is 0 Å². The minimum Gasteiger partial charge on any atom is -0.487 e. The fourth-order valence-electron chi connectivity index (χ4n) is 2.62. The molecule has 6 nitrogen and oxygen atoms in total. The summed E-state index contributed by atoms with van der Waals surface area (Å²) in [5.74, 6) is 0.0101. The van der Waals surface area contributed by atoms with Crippen LogP contribution in [0.25, 0.3) is 10.2 Å². The topological polar surface area (TPSA) is 77.0 Å². The number of ether oxygens (including phenoxy) is 1. The first-order valence-corrected chi connectivity index (χ1v) is 8.76. The zero-order chi connectivity index (χ0) is 17.1. The summed E-state index contributed by atoms with van der Waals surface area (Å²) in [4.78, 5) is 25.1. The molecule has 0 aliphatic carbocycles. The van der Waals surface area contributed by atoms with E-state index in [9.17, 15) is 9.59 Å². The molecule has 0 aliphatic rings. The van der Waals surface area contributed by atoms with Crippen LogP contribution in [0.2, 0.25) is 0 Å². The number of ketones is 1. The molecule has 0 unspecified atom stereocenters. The third-order valence-corrected chi connectivity index (χ3v) is 4.74. The number of H-pyrrole nitrogens is 1. The summed E-state index contributed by atoms with van der Waals surface area (Å²) < 4.78 is 8.17. The van der Waals surface area contributed by atoms with Crippen molar-refractivity contribution in [1.29, 1.82) is 0 Å². The molecular formula is C17H19N3O3S. The van der Waals surface area contributed by atoms with Crippen molar-refractivity contribution in [2.24, 2.45) is 0 Å². The van der Waals surface area contributed by atoms with Gasteiger partial charge in [0.1, 0.15) is 0 Å². The monoisotopic (exact) mass is 345 g/mol. The average Bonchev–Trinajstić information content (AvgIpc) is 3.22. The standard InChI is InChI=1S/C17H19N3O3S/c1-3-4-6-23-15-14(11(2)21)16-13(5-7-24-16)20(17(15)22)10-12-8-18-19-9-12/h5,7-9H,3-4,6,10H2,1-2H3,(H,18,19). The highest BCUT2D eigenvalue weighted by atomic mass is 32.1. The highest BCUT2D eigenvalue weighted by Crippen LogP contribution is 2.30. The van der Waals surface area contributed by atoms with Gasteiger partial charge in [-0.25, -0.2) is 0 Å². The molecule has 0 saturated heterocycles. The molecule has 0 aromatic carbocycles. The summed E-state index contributed by atoms with van der Waals surface area (Å²) >= 11 is 1.45. The van der Waals surface area contributed by atoms with Gasteiger partial charge in [-0.1, -0.05) is 13.3 Å². The number of Topliss-reactive ketones (excluding diaryl/α,β-unsaturated/α-hetero) is 1. The maximum absolute atomic E-state index is 13.0. The Bertz CT molecular complexity index is 909. The van der Waals surface area contributed by atoms with Gasteiger partial charge in [0, 0.05) is 11.8 Å². The number of thiophene rings is 1. The van der Waals surface area contributed by atoms with Gasteiger partial charge in [-0.3, -0.25) is 19.3 Å². The van der Waals surface area contributed by atoms with E-state index in [2.05, 4.69) is 17.1 Å². The van der Waals surface area contributed by atoms with E-state index in [0.717, 1.165) is 28.6 Å². The van der Waals surface area contributed by atoms with Crippen molar-refractivity contribution in [3.8, 4) is 5.75 Å². The van der Waals surface area contributed by atoms with Crippen LogP contribution in [-0.4, -0.2) is 27.2 Å². The molecule has 3 aromatic rings. The van der Waals surface area contributed by atoms with E-state index in [1.807, 2.05) is 11.4 Å². The molecule has 3 heterocycles. The number of pyridine rings is 1. The predicted molar refractivity (Wildman–Crippen MR) is 94.2 cm³/mol. The maximum Gasteiger partial charge on any atom is 0.294 e. The second kappa shape index (κ2) is 7.00. The zero-order valence-electron chi connectivity index (χ0n) is 13.7. The van der Waals surface area contributed by atoms with Gasteiger partial charge in [-0.2, -0.15) is 5.10 Å². The van der Waals surface area contributed by atoms with Gasteiger partial charge in [0.05, 0.1) is 35.1 Å². The first-order valence-electron chi connectivity index (χ1n) is 7.88. The molecule has 0 fully saturated rings. The number of nitrogens with zero attached hydrogens (tertiary/aromatic N) is 2. The summed E-state index contributed by atoms with van der Waals surface area (Å²) in [6.45, 7) is 4.33. The molecule has 3 aromatic heterocycles. The molecule has 0 spiro atoms. The Balaban J connectivity index is 2.18. The number of aromatic nitrogens is 3. The zero-order valence-corrected chi connectivity index (χ0v) is 14.5. The van der Waals surface area contributed by atoms with Gasteiger partial charge in [0.15, 0.2) is 11.5 Å². The van der Waals surface area contributed by atoms with Crippen LogP contribution in [0.4, 0.5) is 0 Å². The van der Waals surface area contributed by atoms with E-state index in [0.29, 0.717) is 18.7 Å². The quantitative estimate of drug-likeness (QED) is 0.527. The number of carbonyl (C=O) groups excluding carboxylic acids is 1. The lowest BCUT2D eigenvalue weighted by atomic mass is 10.1. The number of fused-ring (bicyclic) bond motifs is 1. The van der Waals surface area contributed by atoms with Crippen molar-refractivity contribution < 1.29 is 9.53 Å². The lowest BCUT2D eigenvalue weighted by Gasteiger charge is -2.14. The van der Waals surface area contributed by atoms with Crippen LogP contribution in [0.15, 0.2) is 28.6 Å². The molecule has 0 saturated carbocycles. The van der Waals surface area contributed by atoms with Crippen molar-refractivity contribution in [3.05, 3.63) is 45.3 Å². The number of hydrogen-bond acceptors (Lipinski definition) is 5. The highest BCUT2D eigenvalue weighted by Gasteiger charge is 2.22. The van der Waals surface area contributed by atoms with Gasteiger partial charge < -0.3 is 4.74 Å². The van der Waals surface area contributed by atoms with Crippen LogP contribution in [0.5, 0.6) is 5.75 Å². The molecule has 0 bridgehead atoms. The maximum atomic E-state index is 13.0. The van der Waals surface area contributed by atoms with Crippen molar-refractivity contribution in [3.63, 3.8) is 0 Å². The van der Waals surface area contributed by atoms with Crippen LogP contribution >= 0.6 is 11.3 Å². The van der Waals surface area contributed by atoms with Crippen LogP contribution in [0.1, 0.15) is 42.6 Å². The Labute approximate surface area is 143 Å². The average molecular weight is 345 g/mol. The number of hydrogen-bond donors (Lipinski definition) is 1. The number of rotatable bonds is 7. The molecule has 24 heavy (non-hydrogen) atoms. The Morgan fingerprint density at radius 3 is 2.96 bits per heavy atom. The molecule has 126 valence electrons. The fraction of sp³-hybridized carbons (Fsp3) is 0.353. The second-order valence-electron chi connectivity index (χ2n) is 5.60. The largest absolute Gasteiger partial charge is 0.487 e. The highest BCUT2D eigenvalue weighted by molar-refractivity contribution is 7.17. The first kappa shape index (κ1) is 16.4. The Hall–Kier alpha value is -2.41. The van der Waals surface area contributed by atoms with Gasteiger partial charge in [-0.15, -0.1) is 11.3 Å². The number of carbonyl (C=O) groups is 1. The molecule has 0 radical (unpaired) electrons. The molecule has 1 N–H and O–H groups in total. The molecule has 7 heteroatoms. The van der Waals surface area contributed by atoms with Crippen molar-refractivity contribution >= 4 is 27.3 Å². The Morgan fingerprint density at radius 2 is 2.29 bits per heavy atom. The molecular weight excluding hydrogens is 326 g/mol. The van der Waals surface area contributed by atoms with Gasteiger partial charge >= 0.3 is 0 Å². The van der Waals surface area contributed by atoms with E-state index < -0.39 is 0 Å². The minimum absolute atomic E-state index is 0.151. The number of aromatic amines is 1. The summed E-state index contributed by atoms with van der Waals surface area (Å²) in [5.41, 5.74) is 1.76. The number of unbranched alkanes of at least 4 members (excludes halogenated alkanes) is 1. The van der Waals surface area contributed by atoms with Crippen molar-refractivity contribution in [2.45, 2.75) is 33.2 Å². The van der Waals surface area contributed by atoms with Crippen LogP contribution < -0.4 is 10.3 Å². The number of nitrogens with one attached hydrogen (secondary N) is 1. The summed E-state index contributed by atoms with van der Waals surface area (Å²) in [5, 5.41) is 8.56. The lowest BCUT2D eigenvalue weighted by Crippen LogP contribution is -2.25. The second-order valence-corrected chi connectivity index (χ2v) is 6.51. The van der Waals surface area contributed by atoms with E-state index in [-0.39, 0.29) is 17.1 Å². The van der Waals surface area contributed by atoms with Gasteiger partial charge in [0.25, 0.3) is 5.56 Å². The minimum atomic E-state index is -0.275. The summed E-state index contributed by atoms with van der Waals surface area (Å²) in [7, 11) is 0. The molecule has 0 aliphatic heterocycles. The lowest BCUT2D eigenvalue weighted by molar-refractivity contribution is 0.101. The van der Waals surface area contributed by atoms with E-state index in [1.54, 1.807) is 17.0 Å². The Morgan fingerprint density at radius 1 is 1.46 bits per heavy atom. The van der Waals surface area contributed by atoms with Gasteiger partial charge in [0.2, 0.25) is 0 Å².